The molecule has 96 valence electrons. The number of anilines is 2. The number of halogens is 3. The monoisotopic (exact) mass is 313 g/mol. The molecule has 8 heteroatoms. The van der Waals surface area contributed by atoms with Gasteiger partial charge in [0.2, 0.25) is 5.28 Å². The zero-order valence-electron chi connectivity index (χ0n) is 9.28. The van der Waals surface area contributed by atoms with Crippen molar-refractivity contribution in [3.63, 3.8) is 0 Å². The molecule has 1 aromatic carbocycles. The van der Waals surface area contributed by atoms with Gasteiger partial charge in [0.1, 0.15) is 5.82 Å². The molecule has 0 saturated carbocycles. The van der Waals surface area contributed by atoms with Gasteiger partial charge in [0.25, 0.3) is 0 Å². The fourth-order valence-electron chi connectivity index (χ4n) is 1.63. The zero-order chi connectivity index (χ0) is 13.4. The Morgan fingerprint density at radius 2 is 1.95 bits per heavy atom. The summed E-state index contributed by atoms with van der Waals surface area (Å²) >= 11 is 17.9. The first-order valence-electron chi connectivity index (χ1n) is 5.23. The van der Waals surface area contributed by atoms with E-state index in [1.54, 1.807) is 24.4 Å². The second kappa shape index (κ2) is 4.85. The molecule has 0 atom stereocenters. The number of aromatic nitrogens is 4. The molecule has 2 N–H and O–H groups in total. The molecule has 3 rings (SSSR count). The van der Waals surface area contributed by atoms with Gasteiger partial charge in [-0.3, -0.25) is 5.10 Å². The van der Waals surface area contributed by atoms with Crippen molar-refractivity contribution in [1.29, 1.82) is 0 Å². The number of fused-ring (bicyclic) bond motifs is 1. The molecule has 0 fully saturated rings. The molecule has 0 saturated heterocycles. The van der Waals surface area contributed by atoms with Crippen LogP contribution in [0, 0.1) is 0 Å². The van der Waals surface area contributed by atoms with Crippen LogP contribution in [0.1, 0.15) is 0 Å². The second-order valence-electron chi connectivity index (χ2n) is 3.70. The maximum Gasteiger partial charge on any atom is 0.226 e. The van der Waals surface area contributed by atoms with Gasteiger partial charge in [-0.15, -0.1) is 0 Å². The van der Waals surface area contributed by atoms with Gasteiger partial charge >= 0.3 is 0 Å². The number of benzene rings is 1. The highest BCUT2D eigenvalue weighted by atomic mass is 35.5. The molecular formula is C11H6Cl3N5. The highest BCUT2D eigenvalue weighted by molar-refractivity contribution is 6.43. The minimum atomic E-state index is 0.109. The molecule has 2 aromatic heterocycles. The standard InChI is InChI=1S/C11H6Cl3N5/c12-6-2-1-3-7(8(6)13)16-9-5-4-15-19-10(5)18-11(14)17-9/h1-4H,(H2,15,16,17,18,19). The quantitative estimate of drug-likeness (QED) is 0.700. The topological polar surface area (TPSA) is 66.5 Å². The van der Waals surface area contributed by atoms with Crippen LogP contribution in [0.4, 0.5) is 11.5 Å². The maximum atomic E-state index is 6.11. The fraction of sp³-hybridized carbons (Fsp3) is 0. The largest absolute Gasteiger partial charge is 0.338 e. The van der Waals surface area contributed by atoms with Crippen molar-refractivity contribution in [2.45, 2.75) is 0 Å². The lowest BCUT2D eigenvalue weighted by molar-refractivity contribution is 1.09. The predicted octanol–water partition coefficient (Wildman–Crippen LogP) is 4.06. The minimum Gasteiger partial charge on any atom is -0.338 e. The smallest absolute Gasteiger partial charge is 0.226 e. The summed E-state index contributed by atoms with van der Waals surface area (Å²) in [5, 5.41) is 11.4. The van der Waals surface area contributed by atoms with E-state index in [1.807, 2.05) is 0 Å². The molecule has 19 heavy (non-hydrogen) atoms. The Labute approximate surface area is 122 Å². The molecule has 0 aliphatic heterocycles. The molecule has 5 nitrogen and oxygen atoms in total. The summed E-state index contributed by atoms with van der Waals surface area (Å²) in [6.45, 7) is 0. The first kappa shape index (κ1) is 12.5. The van der Waals surface area contributed by atoms with Gasteiger partial charge in [0.05, 0.1) is 27.3 Å². The SMILES string of the molecule is Clc1nc(Nc2cccc(Cl)c2Cl)c2cn[nH]c2n1. The van der Waals surface area contributed by atoms with E-state index in [4.69, 9.17) is 34.8 Å². The zero-order valence-corrected chi connectivity index (χ0v) is 11.6. The Balaban J connectivity index is 2.10. The van der Waals surface area contributed by atoms with Gasteiger partial charge in [-0.1, -0.05) is 29.3 Å². The number of rotatable bonds is 2. The van der Waals surface area contributed by atoms with Crippen LogP contribution in [0.3, 0.4) is 0 Å². The number of hydrogen-bond donors (Lipinski definition) is 2. The van der Waals surface area contributed by atoms with E-state index in [-0.39, 0.29) is 5.28 Å². The van der Waals surface area contributed by atoms with Crippen molar-refractivity contribution in [3.8, 4) is 0 Å². The van der Waals surface area contributed by atoms with Gasteiger partial charge in [-0.2, -0.15) is 15.1 Å². The molecule has 0 spiro atoms. The maximum absolute atomic E-state index is 6.11. The number of H-pyrrole nitrogens is 1. The van der Waals surface area contributed by atoms with Crippen LogP contribution >= 0.6 is 34.8 Å². The highest BCUT2D eigenvalue weighted by Crippen LogP contribution is 2.32. The third-order valence-electron chi connectivity index (χ3n) is 2.49. The van der Waals surface area contributed by atoms with Crippen molar-refractivity contribution in [3.05, 3.63) is 39.7 Å². The third kappa shape index (κ3) is 2.32. The first-order valence-corrected chi connectivity index (χ1v) is 6.36. The number of nitrogens with one attached hydrogen (secondary N) is 2. The fourth-order valence-corrected chi connectivity index (χ4v) is 2.15. The van der Waals surface area contributed by atoms with Gasteiger partial charge in [0.15, 0.2) is 5.65 Å². The first-order chi connectivity index (χ1) is 9.15. The number of aromatic amines is 1. The van der Waals surface area contributed by atoms with Crippen molar-refractivity contribution < 1.29 is 0 Å². The Morgan fingerprint density at radius 3 is 2.79 bits per heavy atom. The molecule has 0 bridgehead atoms. The van der Waals surface area contributed by atoms with Crippen LogP contribution in [0.5, 0.6) is 0 Å². The molecule has 2 heterocycles. The van der Waals surface area contributed by atoms with Crippen LogP contribution in [-0.2, 0) is 0 Å². The Bertz CT molecular complexity index is 755. The summed E-state index contributed by atoms with van der Waals surface area (Å²) in [6, 6.07) is 5.28. The lowest BCUT2D eigenvalue weighted by Gasteiger charge is -2.09. The van der Waals surface area contributed by atoms with Crippen molar-refractivity contribution in [1.82, 2.24) is 20.2 Å². The Hall–Kier alpha value is -1.56. The van der Waals surface area contributed by atoms with Gasteiger partial charge < -0.3 is 5.32 Å². The van der Waals surface area contributed by atoms with Gasteiger partial charge in [0, 0.05) is 0 Å². The molecule has 0 aliphatic carbocycles. The molecule has 0 unspecified atom stereocenters. The lowest BCUT2D eigenvalue weighted by atomic mass is 10.3. The van der Waals surface area contributed by atoms with E-state index < -0.39 is 0 Å². The average molecular weight is 315 g/mol. The van der Waals surface area contributed by atoms with Gasteiger partial charge in [-0.05, 0) is 23.7 Å². The second-order valence-corrected chi connectivity index (χ2v) is 4.82. The third-order valence-corrected chi connectivity index (χ3v) is 3.48. The normalized spacial score (nSPS) is 10.9. The number of hydrogen-bond acceptors (Lipinski definition) is 4. The Morgan fingerprint density at radius 1 is 1.11 bits per heavy atom. The van der Waals surface area contributed by atoms with E-state index in [1.165, 1.54) is 0 Å². The average Bonchev–Trinajstić information content (AvgIpc) is 2.83. The molecule has 0 aliphatic rings. The van der Waals surface area contributed by atoms with E-state index in [0.29, 0.717) is 32.6 Å². The van der Waals surface area contributed by atoms with Crippen LogP contribution in [0.25, 0.3) is 11.0 Å². The van der Waals surface area contributed by atoms with Crippen LogP contribution in [-0.4, -0.2) is 20.2 Å². The minimum absolute atomic E-state index is 0.109. The van der Waals surface area contributed by atoms with Crippen molar-refractivity contribution in [2.75, 3.05) is 5.32 Å². The molecule has 0 radical (unpaired) electrons. The van der Waals surface area contributed by atoms with Gasteiger partial charge in [-0.25, -0.2) is 0 Å². The van der Waals surface area contributed by atoms with E-state index in [0.717, 1.165) is 0 Å². The summed E-state index contributed by atoms with van der Waals surface area (Å²) in [5.74, 6) is 0.507. The summed E-state index contributed by atoms with van der Waals surface area (Å²) < 4.78 is 0. The van der Waals surface area contributed by atoms with E-state index in [2.05, 4.69) is 25.5 Å². The highest BCUT2D eigenvalue weighted by Gasteiger charge is 2.11. The summed E-state index contributed by atoms with van der Waals surface area (Å²) in [4.78, 5) is 8.14. The predicted molar refractivity (Wildman–Crippen MR) is 76.4 cm³/mol. The van der Waals surface area contributed by atoms with Crippen LogP contribution in [0.15, 0.2) is 24.4 Å². The van der Waals surface area contributed by atoms with Crippen LogP contribution < -0.4 is 5.32 Å². The van der Waals surface area contributed by atoms with E-state index in [9.17, 15) is 0 Å². The summed E-state index contributed by atoms with van der Waals surface area (Å²) in [6.07, 6.45) is 1.60. The number of nitrogens with zero attached hydrogens (tertiary/aromatic N) is 3. The molecule has 3 aromatic rings. The van der Waals surface area contributed by atoms with Crippen molar-refractivity contribution >= 4 is 57.3 Å². The summed E-state index contributed by atoms with van der Waals surface area (Å²) in [5.41, 5.74) is 1.17. The Kier molecular flexibility index (Phi) is 3.18. The van der Waals surface area contributed by atoms with Crippen molar-refractivity contribution in [2.24, 2.45) is 0 Å². The molecule has 0 amide bonds. The molecular weight excluding hydrogens is 309 g/mol. The summed E-state index contributed by atoms with van der Waals surface area (Å²) in [7, 11) is 0. The van der Waals surface area contributed by atoms with Crippen LogP contribution in [0.2, 0.25) is 15.3 Å². The van der Waals surface area contributed by atoms with E-state index >= 15 is 0 Å². The lowest BCUT2D eigenvalue weighted by Crippen LogP contribution is -1.97.